The van der Waals surface area contributed by atoms with Crippen molar-refractivity contribution in [2.45, 2.75) is 12.5 Å². The average Bonchev–Trinajstić information content (AvgIpc) is 2.08. The Labute approximate surface area is 89.4 Å². The van der Waals surface area contributed by atoms with Gasteiger partial charge in [0.2, 0.25) is 5.91 Å². The van der Waals surface area contributed by atoms with Gasteiger partial charge in [0.15, 0.2) is 0 Å². The van der Waals surface area contributed by atoms with Gasteiger partial charge in [-0.05, 0) is 33.6 Å². The van der Waals surface area contributed by atoms with Crippen LogP contribution in [0.15, 0.2) is 22.7 Å². The van der Waals surface area contributed by atoms with Crippen molar-refractivity contribution in [3.8, 4) is 0 Å². The first-order valence-electron chi connectivity index (χ1n) is 3.99. The van der Waals surface area contributed by atoms with Crippen LogP contribution >= 0.6 is 15.9 Å². The summed E-state index contributed by atoms with van der Waals surface area (Å²) in [6, 6.07) is 3.94. The average molecular weight is 261 g/mol. The second-order valence-electron chi connectivity index (χ2n) is 2.95. The Kier molecular flexibility index (Phi) is 3.60. The maximum absolute atomic E-state index is 13.1. The van der Waals surface area contributed by atoms with Gasteiger partial charge in [0.05, 0.1) is 4.47 Å². The Morgan fingerprint density at radius 1 is 1.57 bits per heavy atom. The third-order valence-corrected chi connectivity index (χ3v) is 2.44. The van der Waals surface area contributed by atoms with Crippen LogP contribution in [-0.4, -0.2) is 5.91 Å². The molecule has 0 spiro atoms. The van der Waals surface area contributed by atoms with Crippen molar-refractivity contribution < 1.29 is 9.18 Å². The van der Waals surface area contributed by atoms with Gasteiger partial charge in [-0.1, -0.05) is 6.07 Å². The van der Waals surface area contributed by atoms with E-state index in [2.05, 4.69) is 15.9 Å². The van der Waals surface area contributed by atoms with Crippen molar-refractivity contribution in [2.75, 3.05) is 0 Å². The van der Waals surface area contributed by atoms with Crippen LogP contribution in [-0.2, 0) is 4.79 Å². The topological polar surface area (TPSA) is 69.1 Å². The molecule has 0 saturated heterocycles. The van der Waals surface area contributed by atoms with Gasteiger partial charge >= 0.3 is 0 Å². The molecule has 5 heteroatoms. The molecule has 0 aliphatic rings. The highest BCUT2D eigenvalue weighted by atomic mass is 79.9. The van der Waals surface area contributed by atoms with Crippen molar-refractivity contribution in [3.63, 3.8) is 0 Å². The highest BCUT2D eigenvalue weighted by Gasteiger charge is 2.10. The van der Waals surface area contributed by atoms with Crippen LogP contribution < -0.4 is 11.5 Å². The Morgan fingerprint density at radius 3 is 2.71 bits per heavy atom. The zero-order valence-corrected chi connectivity index (χ0v) is 8.92. The summed E-state index contributed by atoms with van der Waals surface area (Å²) in [6.07, 6.45) is 0.0150. The molecule has 0 heterocycles. The highest BCUT2D eigenvalue weighted by Crippen LogP contribution is 2.20. The number of benzene rings is 1. The highest BCUT2D eigenvalue weighted by molar-refractivity contribution is 9.10. The van der Waals surface area contributed by atoms with Gasteiger partial charge in [0.1, 0.15) is 5.82 Å². The molecule has 0 radical (unpaired) electrons. The quantitative estimate of drug-likeness (QED) is 0.864. The first-order valence-corrected chi connectivity index (χ1v) is 4.79. The van der Waals surface area contributed by atoms with Crippen LogP contribution in [0.2, 0.25) is 0 Å². The molecule has 1 rings (SSSR count). The lowest BCUT2D eigenvalue weighted by Gasteiger charge is -2.09. The molecule has 0 aliphatic carbocycles. The maximum Gasteiger partial charge on any atom is 0.219 e. The van der Waals surface area contributed by atoms with E-state index in [9.17, 15) is 9.18 Å². The van der Waals surface area contributed by atoms with E-state index < -0.39 is 17.8 Å². The van der Waals surface area contributed by atoms with Crippen molar-refractivity contribution in [3.05, 3.63) is 34.1 Å². The first-order chi connectivity index (χ1) is 6.50. The molecule has 14 heavy (non-hydrogen) atoms. The predicted octanol–water partition coefficient (Wildman–Crippen LogP) is 1.46. The van der Waals surface area contributed by atoms with E-state index in [0.29, 0.717) is 10.0 Å². The number of carbonyl (C=O) groups is 1. The van der Waals surface area contributed by atoms with Crippen molar-refractivity contribution in [2.24, 2.45) is 11.5 Å². The zero-order chi connectivity index (χ0) is 10.7. The molecule has 1 aromatic rings. The van der Waals surface area contributed by atoms with Gasteiger partial charge in [-0.2, -0.15) is 0 Å². The van der Waals surface area contributed by atoms with Crippen molar-refractivity contribution in [1.29, 1.82) is 0 Å². The molecule has 0 fully saturated rings. The van der Waals surface area contributed by atoms with Crippen molar-refractivity contribution >= 4 is 21.8 Å². The van der Waals surface area contributed by atoms with Crippen LogP contribution in [0, 0.1) is 5.82 Å². The van der Waals surface area contributed by atoms with Crippen LogP contribution in [0.5, 0.6) is 0 Å². The molecule has 1 amide bonds. The number of hydrogen-bond acceptors (Lipinski definition) is 2. The third-order valence-electron chi connectivity index (χ3n) is 1.79. The first kappa shape index (κ1) is 11.1. The summed E-state index contributed by atoms with van der Waals surface area (Å²) >= 11 is 3.02. The molecular formula is C9H10BrFN2O. The number of halogens is 2. The summed E-state index contributed by atoms with van der Waals surface area (Å²) in [6.45, 7) is 0. The molecule has 0 aliphatic heterocycles. The lowest BCUT2D eigenvalue weighted by molar-refractivity contribution is -0.118. The number of primary amides is 1. The van der Waals surface area contributed by atoms with E-state index in [1.54, 1.807) is 12.1 Å². The van der Waals surface area contributed by atoms with E-state index in [0.717, 1.165) is 0 Å². The van der Waals surface area contributed by atoms with Gasteiger partial charge in [0, 0.05) is 12.5 Å². The number of nitrogens with two attached hydrogens (primary N) is 2. The van der Waals surface area contributed by atoms with Gasteiger partial charge in [-0.15, -0.1) is 0 Å². The second-order valence-corrected chi connectivity index (χ2v) is 3.80. The minimum absolute atomic E-state index is 0.0150. The Morgan fingerprint density at radius 2 is 2.21 bits per heavy atom. The zero-order valence-electron chi connectivity index (χ0n) is 7.34. The lowest BCUT2D eigenvalue weighted by Crippen LogP contribution is -2.20. The fourth-order valence-electron chi connectivity index (χ4n) is 1.08. The van der Waals surface area contributed by atoms with E-state index in [4.69, 9.17) is 11.5 Å². The summed E-state index contributed by atoms with van der Waals surface area (Å²) < 4.78 is 13.4. The van der Waals surface area contributed by atoms with Crippen LogP contribution in [0.4, 0.5) is 4.39 Å². The molecule has 3 nitrogen and oxygen atoms in total. The van der Waals surface area contributed by atoms with Crippen LogP contribution in [0.25, 0.3) is 0 Å². The smallest absolute Gasteiger partial charge is 0.219 e. The minimum atomic E-state index is -0.546. The second kappa shape index (κ2) is 4.52. The molecule has 0 unspecified atom stereocenters. The third kappa shape index (κ3) is 2.78. The van der Waals surface area contributed by atoms with E-state index in [1.807, 2.05) is 0 Å². The lowest BCUT2D eigenvalue weighted by atomic mass is 10.0. The summed E-state index contributed by atoms with van der Waals surface area (Å²) in [5.74, 6) is -0.900. The standard InChI is InChI=1S/C9H10BrFN2O/c10-6-2-1-5(3-7(6)11)8(12)4-9(13)14/h1-3,8H,4,12H2,(H2,13,14)/t8-/m1/s1. The van der Waals surface area contributed by atoms with Gasteiger partial charge in [-0.25, -0.2) is 4.39 Å². The molecular weight excluding hydrogens is 251 g/mol. The Bertz CT molecular complexity index is 357. The Balaban J connectivity index is 2.85. The molecule has 76 valence electrons. The fourth-order valence-corrected chi connectivity index (χ4v) is 1.32. The van der Waals surface area contributed by atoms with E-state index >= 15 is 0 Å². The van der Waals surface area contributed by atoms with E-state index in [1.165, 1.54) is 6.07 Å². The van der Waals surface area contributed by atoms with Crippen LogP contribution in [0.3, 0.4) is 0 Å². The SMILES string of the molecule is NC(=O)C[C@@H](N)c1ccc(Br)c(F)c1. The largest absolute Gasteiger partial charge is 0.370 e. The fraction of sp³-hybridized carbons (Fsp3) is 0.222. The monoisotopic (exact) mass is 260 g/mol. The number of rotatable bonds is 3. The maximum atomic E-state index is 13.1. The molecule has 1 aromatic carbocycles. The molecule has 0 aromatic heterocycles. The summed E-state index contributed by atoms with van der Waals surface area (Å²) in [4.78, 5) is 10.6. The molecule has 1 atom stereocenters. The summed E-state index contributed by atoms with van der Waals surface area (Å²) in [5, 5.41) is 0. The van der Waals surface area contributed by atoms with E-state index in [-0.39, 0.29) is 6.42 Å². The summed E-state index contributed by atoms with van der Waals surface area (Å²) in [5.41, 5.74) is 11.2. The molecule has 0 bridgehead atoms. The molecule has 4 N–H and O–H groups in total. The van der Waals surface area contributed by atoms with Crippen molar-refractivity contribution in [1.82, 2.24) is 0 Å². The van der Waals surface area contributed by atoms with Gasteiger partial charge in [-0.3, -0.25) is 4.79 Å². The van der Waals surface area contributed by atoms with Gasteiger partial charge in [0.25, 0.3) is 0 Å². The molecule has 0 saturated carbocycles. The minimum Gasteiger partial charge on any atom is -0.370 e. The normalized spacial score (nSPS) is 12.5. The number of amides is 1. The number of hydrogen-bond donors (Lipinski definition) is 2. The predicted molar refractivity (Wildman–Crippen MR) is 54.8 cm³/mol. The Hall–Kier alpha value is -0.940. The van der Waals surface area contributed by atoms with Gasteiger partial charge < -0.3 is 11.5 Å². The number of carbonyl (C=O) groups excluding carboxylic acids is 1. The summed E-state index contributed by atoms with van der Waals surface area (Å²) in [7, 11) is 0. The van der Waals surface area contributed by atoms with Crippen LogP contribution in [0.1, 0.15) is 18.0 Å².